The average Bonchev–Trinajstić information content (AvgIpc) is 2.68. The summed E-state index contributed by atoms with van der Waals surface area (Å²) >= 11 is 1.35. The molecule has 6 heteroatoms. The Morgan fingerprint density at radius 2 is 1.81 bits per heavy atom. The van der Waals surface area contributed by atoms with E-state index in [4.69, 9.17) is 0 Å². The highest BCUT2D eigenvalue weighted by molar-refractivity contribution is 7.99. The third-order valence-electron chi connectivity index (χ3n) is 3.78. The number of amides is 1. The van der Waals surface area contributed by atoms with Gasteiger partial charge >= 0.3 is 0 Å². The van der Waals surface area contributed by atoms with Gasteiger partial charge in [0.15, 0.2) is 0 Å². The minimum absolute atomic E-state index is 0.0668. The molecule has 2 heterocycles. The van der Waals surface area contributed by atoms with E-state index in [0.29, 0.717) is 16.6 Å². The Hall–Kier alpha value is -2.73. The van der Waals surface area contributed by atoms with E-state index in [0.717, 1.165) is 11.4 Å². The number of anilines is 1. The van der Waals surface area contributed by atoms with Crippen LogP contribution >= 0.6 is 11.8 Å². The second-order valence-corrected chi connectivity index (χ2v) is 7.08. The molecule has 0 unspecified atom stereocenters. The minimum atomic E-state index is -0.0668. The summed E-state index contributed by atoms with van der Waals surface area (Å²) < 4.78 is 0. The Morgan fingerprint density at radius 3 is 2.42 bits per heavy atom. The molecule has 1 N–H and O–H groups in total. The van der Waals surface area contributed by atoms with Crippen molar-refractivity contribution in [2.24, 2.45) is 0 Å². The van der Waals surface area contributed by atoms with Crippen LogP contribution in [0, 0.1) is 0 Å². The fourth-order valence-corrected chi connectivity index (χ4v) is 2.95. The van der Waals surface area contributed by atoms with Gasteiger partial charge in [0.2, 0.25) is 5.91 Å². The predicted molar refractivity (Wildman–Crippen MR) is 105 cm³/mol. The van der Waals surface area contributed by atoms with E-state index in [1.54, 1.807) is 6.20 Å². The van der Waals surface area contributed by atoms with Crippen LogP contribution in [0.2, 0.25) is 0 Å². The number of hydrogen-bond acceptors (Lipinski definition) is 5. The summed E-state index contributed by atoms with van der Waals surface area (Å²) in [4.78, 5) is 16.3. The van der Waals surface area contributed by atoms with Crippen molar-refractivity contribution in [3.63, 3.8) is 0 Å². The minimum Gasteiger partial charge on any atom is -0.325 e. The average molecular weight is 364 g/mol. The van der Waals surface area contributed by atoms with Gasteiger partial charge in [-0.15, -0.1) is 10.2 Å². The number of carbonyl (C=O) groups excluding carboxylic acids is 1. The molecule has 0 fully saturated rings. The first-order valence-corrected chi connectivity index (χ1v) is 9.38. The maximum absolute atomic E-state index is 12.1. The molecule has 0 bridgehead atoms. The van der Waals surface area contributed by atoms with Gasteiger partial charge in [-0.25, -0.2) is 0 Å². The van der Waals surface area contributed by atoms with E-state index < -0.39 is 0 Å². The van der Waals surface area contributed by atoms with Crippen LogP contribution in [0.15, 0.2) is 65.8 Å². The molecule has 0 radical (unpaired) electrons. The van der Waals surface area contributed by atoms with Gasteiger partial charge in [0.25, 0.3) is 0 Å². The number of hydrogen-bond donors (Lipinski definition) is 1. The lowest BCUT2D eigenvalue weighted by Gasteiger charge is -2.08. The second kappa shape index (κ2) is 8.58. The van der Waals surface area contributed by atoms with Gasteiger partial charge in [-0.1, -0.05) is 43.8 Å². The zero-order valence-corrected chi connectivity index (χ0v) is 15.5. The van der Waals surface area contributed by atoms with Crippen LogP contribution < -0.4 is 5.32 Å². The molecule has 0 aliphatic heterocycles. The third-order valence-corrected chi connectivity index (χ3v) is 4.70. The van der Waals surface area contributed by atoms with Crippen LogP contribution in [0.1, 0.15) is 25.3 Å². The Bertz CT molecular complexity index is 849. The summed E-state index contributed by atoms with van der Waals surface area (Å²) in [6, 6.07) is 17.3. The first-order valence-electron chi connectivity index (χ1n) is 8.39. The lowest BCUT2D eigenvalue weighted by atomic mass is 10.0. The highest BCUT2D eigenvalue weighted by atomic mass is 32.2. The SMILES string of the molecule is CC(C)c1ccc(NC(=O)CSc2ccc(-c3ccccn3)nn2)cc1. The summed E-state index contributed by atoms with van der Waals surface area (Å²) in [5, 5.41) is 11.9. The lowest BCUT2D eigenvalue weighted by molar-refractivity contribution is -0.113. The third kappa shape index (κ3) is 4.89. The summed E-state index contributed by atoms with van der Waals surface area (Å²) in [6.07, 6.45) is 1.72. The summed E-state index contributed by atoms with van der Waals surface area (Å²) in [5.74, 6) is 0.689. The summed E-state index contributed by atoms with van der Waals surface area (Å²) in [6.45, 7) is 4.29. The molecule has 26 heavy (non-hydrogen) atoms. The van der Waals surface area contributed by atoms with E-state index in [9.17, 15) is 4.79 Å². The van der Waals surface area contributed by atoms with Crippen molar-refractivity contribution in [1.82, 2.24) is 15.2 Å². The Kier molecular flexibility index (Phi) is 5.96. The molecule has 3 aromatic rings. The van der Waals surface area contributed by atoms with E-state index in [-0.39, 0.29) is 11.7 Å². The van der Waals surface area contributed by atoms with Crippen molar-refractivity contribution >= 4 is 23.4 Å². The molecular formula is C20H20N4OS. The molecule has 1 amide bonds. The number of benzene rings is 1. The van der Waals surface area contributed by atoms with E-state index in [1.807, 2.05) is 54.6 Å². The Morgan fingerprint density at radius 1 is 1.00 bits per heavy atom. The number of nitrogens with zero attached hydrogens (tertiary/aromatic N) is 3. The van der Waals surface area contributed by atoms with Crippen molar-refractivity contribution in [3.05, 3.63) is 66.4 Å². The van der Waals surface area contributed by atoms with Crippen molar-refractivity contribution < 1.29 is 4.79 Å². The molecule has 5 nitrogen and oxygen atoms in total. The number of pyridine rings is 1. The Balaban J connectivity index is 1.53. The molecule has 1 aromatic carbocycles. The van der Waals surface area contributed by atoms with Crippen LogP contribution in [-0.4, -0.2) is 26.8 Å². The van der Waals surface area contributed by atoms with Gasteiger partial charge in [0.05, 0.1) is 11.4 Å². The quantitative estimate of drug-likeness (QED) is 0.657. The lowest BCUT2D eigenvalue weighted by Crippen LogP contribution is -2.14. The maximum atomic E-state index is 12.1. The molecule has 3 rings (SSSR count). The normalized spacial score (nSPS) is 10.7. The first-order chi connectivity index (χ1) is 12.6. The molecule has 0 spiro atoms. The molecule has 2 aromatic heterocycles. The smallest absolute Gasteiger partial charge is 0.234 e. The molecule has 132 valence electrons. The van der Waals surface area contributed by atoms with Crippen molar-refractivity contribution in [3.8, 4) is 11.4 Å². The summed E-state index contributed by atoms with van der Waals surface area (Å²) in [5.41, 5.74) is 3.54. The number of aromatic nitrogens is 3. The van der Waals surface area contributed by atoms with Crippen LogP contribution in [0.5, 0.6) is 0 Å². The first kappa shape index (κ1) is 18.1. The molecule has 0 saturated carbocycles. The van der Waals surface area contributed by atoms with Crippen molar-refractivity contribution in [2.45, 2.75) is 24.8 Å². The van der Waals surface area contributed by atoms with Gasteiger partial charge in [-0.05, 0) is 47.9 Å². The fraction of sp³-hybridized carbons (Fsp3) is 0.200. The van der Waals surface area contributed by atoms with Gasteiger partial charge in [-0.2, -0.15) is 0 Å². The van der Waals surface area contributed by atoms with Gasteiger partial charge in [0, 0.05) is 11.9 Å². The van der Waals surface area contributed by atoms with Crippen LogP contribution in [-0.2, 0) is 4.79 Å². The molecule has 0 saturated heterocycles. The van der Waals surface area contributed by atoms with E-state index >= 15 is 0 Å². The predicted octanol–water partition coefficient (Wildman–Crippen LogP) is 4.39. The Labute approximate surface area is 157 Å². The van der Waals surface area contributed by atoms with Crippen LogP contribution in [0.4, 0.5) is 5.69 Å². The topological polar surface area (TPSA) is 67.8 Å². The second-order valence-electron chi connectivity index (χ2n) is 6.09. The van der Waals surface area contributed by atoms with E-state index in [1.165, 1.54) is 17.3 Å². The van der Waals surface area contributed by atoms with Crippen LogP contribution in [0.3, 0.4) is 0 Å². The highest BCUT2D eigenvalue weighted by Crippen LogP contribution is 2.20. The number of carbonyl (C=O) groups is 1. The highest BCUT2D eigenvalue weighted by Gasteiger charge is 2.07. The van der Waals surface area contributed by atoms with Gasteiger partial charge in [0.1, 0.15) is 10.7 Å². The number of nitrogens with one attached hydrogen (secondary N) is 1. The zero-order chi connectivity index (χ0) is 18.4. The molecule has 0 aliphatic rings. The standard InChI is InChI=1S/C20H20N4OS/c1-14(2)15-6-8-16(9-7-15)22-19(25)13-26-20-11-10-18(23-24-20)17-5-3-4-12-21-17/h3-12,14H,13H2,1-2H3,(H,22,25). The maximum Gasteiger partial charge on any atom is 0.234 e. The fourth-order valence-electron chi connectivity index (χ4n) is 2.34. The zero-order valence-electron chi connectivity index (χ0n) is 14.7. The molecule has 0 atom stereocenters. The van der Waals surface area contributed by atoms with Crippen molar-refractivity contribution in [1.29, 1.82) is 0 Å². The summed E-state index contributed by atoms with van der Waals surface area (Å²) in [7, 11) is 0. The number of rotatable bonds is 6. The van der Waals surface area contributed by atoms with Crippen molar-refractivity contribution in [2.75, 3.05) is 11.1 Å². The number of thioether (sulfide) groups is 1. The van der Waals surface area contributed by atoms with Gasteiger partial charge < -0.3 is 5.32 Å². The monoisotopic (exact) mass is 364 g/mol. The van der Waals surface area contributed by atoms with Gasteiger partial charge in [-0.3, -0.25) is 9.78 Å². The molecule has 0 aliphatic carbocycles. The van der Waals surface area contributed by atoms with Crippen LogP contribution in [0.25, 0.3) is 11.4 Å². The molecular weight excluding hydrogens is 344 g/mol. The largest absolute Gasteiger partial charge is 0.325 e. The van der Waals surface area contributed by atoms with E-state index in [2.05, 4.69) is 34.3 Å².